The fourth-order valence-electron chi connectivity index (χ4n) is 3.70. The fourth-order valence-corrected chi connectivity index (χ4v) is 3.70. The molecule has 1 amide bonds. The quantitative estimate of drug-likeness (QED) is 0.925. The predicted octanol–water partition coefficient (Wildman–Crippen LogP) is 3.42. The summed E-state index contributed by atoms with van der Waals surface area (Å²) in [7, 11) is 0. The zero-order chi connectivity index (χ0) is 15.2. The Morgan fingerprint density at radius 2 is 2.14 bits per heavy atom. The van der Waals surface area contributed by atoms with Crippen LogP contribution >= 0.6 is 0 Å². The third kappa shape index (κ3) is 2.78. The molecule has 1 N–H and O–H groups in total. The fraction of sp³-hybridized carbons (Fsp3) is 0.611. The number of amides is 1. The largest absolute Gasteiger partial charge is 0.487 e. The zero-order valence-electron chi connectivity index (χ0n) is 13.4. The van der Waals surface area contributed by atoms with Crippen molar-refractivity contribution in [2.24, 2.45) is 5.92 Å². The number of benzene rings is 1. The SMILES string of the molecule is CC(C)CC1NC(=O)CC1c1cccc2c1OC(C)(C)C2. The molecule has 3 heteroatoms. The Labute approximate surface area is 127 Å². The predicted molar refractivity (Wildman–Crippen MR) is 83.6 cm³/mol. The van der Waals surface area contributed by atoms with E-state index in [4.69, 9.17) is 4.74 Å². The van der Waals surface area contributed by atoms with Crippen LogP contribution in [0.4, 0.5) is 0 Å². The molecule has 2 unspecified atom stereocenters. The normalized spacial score (nSPS) is 26.6. The summed E-state index contributed by atoms with van der Waals surface area (Å²) in [6, 6.07) is 6.62. The van der Waals surface area contributed by atoms with Crippen molar-refractivity contribution in [2.75, 3.05) is 0 Å². The Kier molecular flexibility index (Phi) is 3.46. The maximum Gasteiger partial charge on any atom is 0.220 e. The number of rotatable bonds is 3. The van der Waals surface area contributed by atoms with Crippen LogP contribution in [-0.4, -0.2) is 17.6 Å². The van der Waals surface area contributed by atoms with Crippen LogP contribution in [0.2, 0.25) is 0 Å². The van der Waals surface area contributed by atoms with Gasteiger partial charge in [0.1, 0.15) is 11.4 Å². The number of carbonyl (C=O) groups is 1. The van der Waals surface area contributed by atoms with Gasteiger partial charge in [-0.1, -0.05) is 32.0 Å². The molecule has 2 atom stereocenters. The Hall–Kier alpha value is -1.51. The van der Waals surface area contributed by atoms with Crippen LogP contribution in [0, 0.1) is 5.92 Å². The molecule has 3 rings (SSSR count). The summed E-state index contributed by atoms with van der Waals surface area (Å²) < 4.78 is 6.19. The second-order valence-corrected chi connectivity index (χ2v) is 7.49. The van der Waals surface area contributed by atoms with Gasteiger partial charge in [-0.05, 0) is 31.7 Å². The van der Waals surface area contributed by atoms with E-state index in [-0.39, 0.29) is 23.5 Å². The average molecular weight is 287 g/mol. The van der Waals surface area contributed by atoms with Crippen molar-refractivity contribution >= 4 is 5.91 Å². The molecule has 1 fully saturated rings. The summed E-state index contributed by atoms with van der Waals surface area (Å²) in [4.78, 5) is 11.9. The molecule has 0 aliphatic carbocycles. The summed E-state index contributed by atoms with van der Waals surface area (Å²) in [5.74, 6) is 2.01. The van der Waals surface area contributed by atoms with Crippen LogP contribution in [-0.2, 0) is 11.2 Å². The smallest absolute Gasteiger partial charge is 0.220 e. The first-order valence-corrected chi connectivity index (χ1v) is 7.96. The lowest BCUT2D eigenvalue weighted by atomic mass is 9.86. The van der Waals surface area contributed by atoms with Crippen molar-refractivity contribution in [1.29, 1.82) is 0 Å². The Morgan fingerprint density at radius 3 is 2.86 bits per heavy atom. The molecule has 0 radical (unpaired) electrons. The zero-order valence-corrected chi connectivity index (χ0v) is 13.4. The van der Waals surface area contributed by atoms with E-state index in [1.165, 1.54) is 11.1 Å². The highest BCUT2D eigenvalue weighted by Crippen LogP contribution is 2.44. The van der Waals surface area contributed by atoms with Gasteiger partial charge in [0.25, 0.3) is 0 Å². The first-order valence-electron chi connectivity index (χ1n) is 7.96. The minimum Gasteiger partial charge on any atom is -0.487 e. The third-order valence-corrected chi connectivity index (χ3v) is 4.48. The van der Waals surface area contributed by atoms with E-state index in [1.807, 2.05) is 0 Å². The summed E-state index contributed by atoms with van der Waals surface area (Å²) in [6.07, 6.45) is 2.54. The number of ether oxygens (including phenoxy) is 1. The number of hydrogen-bond acceptors (Lipinski definition) is 2. The highest BCUT2D eigenvalue weighted by atomic mass is 16.5. The lowest BCUT2D eigenvalue weighted by Gasteiger charge is -2.24. The molecule has 0 spiro atoms. The van der Waals surface area contributed by atoms with Gasteiger partial charge in [-0.3, -0.25) is 4.79 Å². The van der Waals surface area contributed by atoms with Crippen molar-refractivity contribution in [3.63, 3.8) is 0 Å². The molecule has 0 bridgehead atoms. The molecular weight excluding hydrogens is 262 g/mol. The van der Waals surface area contributed by atoms with Crippen LogP contribution in [0.1, 0.15) is 57.6 Å². The second-order valence-electron chi connectivity index (χ2n) is 7.49. The van der Waals surface area contributed by atoms with Crippen LogP contribution in [0.25, 0.3) is 0 Å². The molecule has 2 aliphatic rings. The topological polar surface area (TPSA) is 38.3 Å². The highest BCUT2D eigenvalue weighted by molar-refractivity contribution is 5.80. The monoisotopic (exact) mass is 287 g/mol. The van der Waals surface area contributed by atoms with Crippen LogP contribution < -0.4 is 10.1 Å². The first kappa shape index (κ1) is 14.4. The number of fused-ring (bicyclic) bond motifs is 1. The molecule has 21 heavy (non-hydrogen) atoms. The van der Waals surface area contributed by atoms with E-state index in [2.05, 4.69) is 51.2 Å². The van der Waals surface area contributed by atoms with E-state index in [1.54, 1.807) is 0 Å². The molecular formula is C18H25NO2. The average Bonchev–Trinajstić information content (AvgIpc) is 2.86. The van der Waals surface area contributed by atoms with Crippen LogP contribution in [0.5, 0.6) is 5.75 Å². The van der Waals surface area contributed by atoms with Crippen molar-refractivity contribution < 1.29 is 9.53 Å². The minimum atomic E-state index is -0.137. The van der Waals surface area contributed by atoms with Crippen LogP contribution in [0.3, 0.4) is 0 Å². The molecule has 0 saturated carbocycles. The summed E-state index contributed by atoms with van der Waals surface area (Å²) in [5.41, 5.74) is 2.35. The Morgan fingerprint density at radius 1 is 1.38 bits per heavy atom. The van der Waals surface area contributed by atoms with Gasteiger partial charge in [0.15, 0.2) is 0 Å². The van der Waals surface area contributed by atoms with Crippen molar-refractivity contribution in [3.05, 3.63) is 29.3 Å². The summed E-state index contributed by atoms with van der Waals surface area (Å²) in [5, 5.41) is 3.15. The highest BCUT2D eigenvalue weighted by Gasteiger charge is 2.39. The van der Waals surface area contributed by atoms with Crippen molar-refractivity contribution in [1.82, 2.24) is 5.32 Å². The van der Waals surface area contributed by atoms with Gasteiger partial charge in [-0.25, -0.2) is 0 Å². The van der Waals surface area contributed by atoms with Gasteiger partial charge < -0.3 is 10.1 Å². The van der Waals surface area contributed by atoms with Gasteiger partial charge in [0, 0.05) is 30.4 Å². The molecule has 2 heterocycles. The van der Waals surface area contributed by atoms with E-state index >= 15 is 0 Å². The van der Waals surface area contributed by atoms with Gasteiger partial charge in [-0.2, -0.15) is 0 Å². The Bertz CT molecular complexity index is 562. The molecule has 1 aromatic carbocycles. The standard InChI is InChI=1S/C18H25NO2/c1-11(2)8-15-14(9-16(20)19-15)13-7-5-6-12-10-18(3,4)21-17(12)13/h5-7,11,14-15H,8-10H2,1-4H3,(H,19,20). The van der Waals surface area contributed by atoms with Gasteiger partial charge >= 0.3 is 0 Å². The molecule has 1 aromatic rings. The number of hydrogen-bond donors (Lipinski definition) is 1. The summed E-state index contributed by atoms with van der Waals surface area (Å²) >= 11 is 0. The first-order chi connectivity index (χ1) is 9.85. The van der Waals surface area contributed by atoms with E-state index in [0.717, 1.165) is 18.6 Å². The molecule has 3 nitrogen and oxygen atoms in total. The molecule has 0 aromatic heterocycles. The van der Waals surface area contributed by atoms with Gasteiger partial charge in [0.2, 0.25) is 5.91 Å². The van der Waals surface area contributed by atoms with Crippen molar-refractivity contribution in [3.8, 4) is 5.75 Å². The van der Waals surface area contributed by atoms with Gasteiger partial charge in [0.05, 0.1) is 0 Å². The maximum absolute atomic E-state index is 11.9. The van der Waals surface area contributed by atoms with E-state index in [0.29, 0.717) is 12.3 Å². The third-order valence-electron chi connectivity index (χ3n) is 4.48. The number of carbonyl (C=O) groups excluding carboxylic acids is 1. The lowest BCUT2D eigenvalue weighted by Crippen LogP contribution is -2.30. The van der Waals surface area contributed by atoms with Gasteiger partial charge in [-0.15, -0.1) is 0 Å². The van der Waals surface area contributed by atoms with E-state index in [9.17, 15) is 4.79 Å². The maximum atomic E-state index is 11.9. The Balaban J connectivity index is 1.94. The van der Waals surface area contributed by atoms with Crippen molar-refractivity contribution in [2.45, 2.75) is 64.5 Å². The minimum absolute atomic E-state index is 0.137. The van der Waals surface area contributed by atoms with E-state index < -0.39 is 0 Å². The second kappa shape index (κ2) is 5.04. The number of nitrogens with one attached hydrogen (secondary N) is 1. The van der Waals surface area contributed by atoms with Crippen LogP contribution in [0.15, 0.2) is 18.2 Å². The summed E-state index contributed by atoms with van der Waals surface area (Å²) in [6.45, 7) is 8.66. The lowest BCUT2D eigenvalue weighted by molar-refractivity contribution is -0.119. The molecule has 114 valence electrons. The number of para-hydroxylation sites is 1. The molecule has 2 aliphatic heterocycles. The molecule has 1 saturated heterocycles.